The van der Waals surface area contributed by atoms with Crippen LogP contribution < -0.4 is 0 Å². The van der Waals surface area contributed by atoms with Gasteiger partial charge in [0.25, 0.3) is 10.0 Å². The Hall–Kier alpha value is 0.0500. The zero-order chi connectivity index (χ0) is 12.3. The van der Waals surface area contributed by atoms with Crippen molar-refractivity contribution in [2.45, 2.75) is 4.21 Å². The second-order valence-corrected chi connectivity index (χ2v) is 8.42. The van der Waals surface area contributed by atoms with Gasteiger partial charge < -0.3 is 4.90 Å². The third-order valence-corrected chi connectivity index (χ3v) is 6.02. The van der Waals surface area contributed by atoms with E-state index in [2.05, 4.69) is 15.9 Å². The first-order valence-corrected chi connectivity index (χ1v) is 7.75. The lowest BCUT2D eigenvalue weighted by atomic mass is 10.6. The van der Waals surface area contributed by atoms with Gasteiger partial charge in [0.2, 0.25) is 0 Å². The van der Waals surface area contributed by atoms with Crippen LogP contribution in [0.25, 0.3) is 0 Å². The highest BCUT2D eigenvalue weighted by atomic mass is 79.9. The van der Waals surface area contributed by atoms with Crippen LogP contribution in [0.2, 0.25) is 0 Å². The Morgan fingerprint density at radius 2 is 1.88 bits per heavy atom. The van der Waals surface area contributed by atoms with E-state index >= 15 is 0 Å². The van der Waals surface area contributed by atoms with Crippen LogP contribution in [0.3, 0.4) is 0 Å². The van der Waals surface area contributed by atoms with E-state index in [0.29, 0.717) is 17.3 Å². The third-order valence-electron chi connectivity index (χ3n) is 2.08. The zero-order valence-corrected chi connectivity index (χ0v) is 12.7. The van der Waals surface area contributed by atoms with E-state index in [9.17, 15) is 8.42 Å². The highest BCUT2D eigenvalue weighted by Crippen LogP contribution is 2.27. The van der Waals surface area contributed by atoms with Gasteiger partial charge >= 0.3 is 0 Å². The van der Waals surface area contributed by atoms with Crippen LogP contribution in [0.1, 0.15) is 0 Å². The maximum Gasteiger partial charge on any atom is 0.252 e. The molecule has 0 bridgehead atoms. The molecule has 0 amide bonds. The summed E-state index contributed by atoms with van der Waals surface area (Å²) in [5, 5.41) is 0. The first-order chi connectivity index (χ1) is 7.34. The molecule has 0 unspecified atom stereocenters. The molecule has 1 heterocycles. The highest BCUT2D eigenvalue weighted by Gasteiger charge is 2.22. The maximum atomic E-state index is 12.1. The van der Waals surface area contributed by atoms with Crippen molar-refractivity contribution in [2.75, 3.05) is 34.2 Å². The van der Waals surface area contributed by atoms with Gasteiger partial charge in [0.15, 0.2) is 0 Å². The summed E-state index contributed by atoms with van der Waals surface area (Å²) < 4.78 is 26.7. The molecular formula is C9H15BrN2O2S2. The molecule has 92 valence electrons. The number of nitrogens with zero attached hydrogens (tertiary/aromatic N) is 2. The number of sulfonamides is 1. The summed E-state index contributed by atoms with van der Waals surface area (Å²) >= 11 is 4.49. The van der Waals surface area contributed by atoms with Crippen molar-refractivity contribution >= 4 is 37.3 Å². The molecule has 0 saturated heterocycles. The molecule has 0 aliphatic heterocycles. The van der Waals surface area contributed by atoms with Crippen molar-refractivity contribution in [1.29, 1.82) is 0 Å². The van der Waals surface area contributed by atoms with Gasteiger partial charge in [-0.3, -0.25) is 0 Å². The molecule has 0 radical (unpaired) electrons. The van der Waals surface area contributed by atoms with E-state index < -0.39 is 10.0 Å². The zero-order valence-electron chi connectivity index (χ0n) is 9.47. The van der Waals surface area contributed by atoms with Crippen LogP contribution in [-0.2, 0) is 10.0 Å². The standard InChI is InChI=1S/C9H15BrN2O2S2/c1-11(2)6-7-12(3)16(13,14)9-5-4-8(10)15-9/h4-5H,6-7H2,1-3H3. The number of hydrogen-bond donors (Lipinski definition) is 0. The molecule has 0 N–H and O–H groups in total. The van der Waals surface area contributed by atoms with E-state index in [-0.39, 0.29) is 0 Å². The molecule has 4 nitrogen and oxygen atoms in total. The molecule has 0 spiro atoms. The molecule has 1 aromatic heterocycles. The quantitative estimate of drug-likeness (QED) is 0.826. The predicted molar refractivity (Wildman–Crippen MR) is 70.4 cm³/mol. The van der Waals surface area contributed by atoms with Crippen LogP contribution in [0.4, 0.5) is 0 Å². The molecule has 1 rings (SSSR count). The lowest BCUT2D eigenvalue weighted by Gasteiger charge is -2.18. The molecule has 1 aromatic rings. The first-order valence-electron chi connectivity index (χ1n) is 4.70. The number of halogens is 1. The molecule has 16 heavy (non-hydrogen) atoms. The minimum atomic E-state index is -3.32. The number of hydrogen-bond acceptors (Lipinski definition) is 4. The number of likely N-dealkylation sites (N-methyl/N-ethyl adjacent to an activating group) is 2. The average Bonchev–Trinajstić information content (AvgIpc) is 2.61. The van der Waals surface area contributed by atoms with Crippen molar-refractivity contribution in [2.24, 2.45) is 0 Å². The van der Waals surface area contributed by atoms with Gasteiger partial charge in [-0.05, 0) is 42.2 Å². The van der Waals surface area contributed by atoms with E-state index in [1.807, 2.05) is 19.0 Å². The van der Waals surface area contributed by atoms with Crippen molar-refractivity contribution in [3.05, 3.63) is 15.9 Å². The minimum Gasteiger partial charge on any atom is -0.308 e. The average molecular weight is 327 g/mol. The molecule has 0 saturated carbocycles. The van der Waals surface area contributed by atoms with Crippen LogP contribution in [-0.4, -0.2) is 51.9 Å². The Kier molecular flexibility index (Phi) is 4.93. The Bertz CT molecular complexity index is 442. The predicted octanol–water partition coefficient (Wildman–Crippen LogP) is 1.69. The van der Waals surface area contributed by atoms with Crippen LogP contribution in [0.5, 0.6) is 0 Å². The summed E-state index contributed by atoms with van der Waals surface area (Å²) in [4.78, 5) is 1.95. The van der Waals surface area contributed by atoms with Crippen LogP contribution in [0, 0.1) is 0 Å². The summed E-state index contributed by atoms with van der Waals surface area (Å²) in [7, 11) is 2.12. The molecule has 0 atom stereocenters. The second kappa shape index (κ2) is 5.59. The molecular weight excluding hydrogens is 312 g/mol. The summed E-state index contributed by atoms with van der Waals surface area (Å²) in [6.07, 6.45) is 0. The van der Waals surface area contributed by atoms with Crippen LogP contribution in [0.15, 0.2) is 20.1 Å². The van der Waals surface area contributed by atoms with Gasteiger partial charge in [-0.15, -0.1) is 11.3 Å². The summed E-state index contributed by atoms with van der Waals surface area (Å²) in [5.41, 5.74) is 0. The summed E-state index contributed by atoms with van der Waals surface area (Å²) in [6.45, 7) is 1.20. The van der Waals surface area contributed by atoms with Crippen molar-refractivity contribution in [3.63, 3.8) is 0 Å². The molecule has 0 aromatic carbocycles. The third kappa shape index (κ3) is 3.53. The fourth-order valence-corrected chi connectivity index (χ4v) is 4.43. The number of rotatable bonds is 5. The smallest absolute Gasteiger partial charge is 0.252 e. The maximum absolute atomic E-state index is 12.1. The van der Waals surface area contributed by atoms with Crippen molar-refractivity contribution in [3.8, 4) is 0 Å². The van der Waals surface area contributed by atoms with E-state index in [1.54, 1.807) is 19.2 Å². The van der Waals surface area contributed by atoms with Crippen LogP contribution >= 0.6 is 27.3 Å². The first kappa shape index (κ1) is 14.1. The van der Waals surface area contributed by atoms with Gasteiger partial charge in [-0.2, -0.15) is 4.31 Å². The topological polar surface area (TPSA) is 40.6 Å². The van der Waals surface area contributed by atoms with Gasteiger partial charge in [0, 0.05) is 20.1 Å². The second-order valence-electron chi connectivity index (χ2n) is 3.69. The molecule has 0 aliphatic rings. The van der Waals surface area contributed by atoms with Gasteiger partial charge in [-0.1, -0.05) is 0 Å². The van der Waals surface area contributed by atoms with Gasteiger partial charge in [-0.25, -0.2) is 8.42 Å². The van der Waals surface area contributed by atoms with E-state index in [0.717, 1.165) is 3.79 Å². The van der Waals surface area contributed by atoms with E-state index in [4.69, 9.17) is 0 Å². The summed E-state index contributed by atoms with van der Waals surface area (Å²) in [5.74, 6) is 0. The Labute approximate surface area is 109 Å². The van der Waals surface area contributed by atoms with Crippen molar-refractivity contribution in [1.82, 2.24) is 9.21 Å². The molecule has 7 heteroatoms. The Balaban J connectivity index is 2.78. The molecule has 0 fully saturated rings. The monoisotopic (exact) mass is 326 g/mol. The SMILES string of the molecule is CN(C)CCN(C)S(=O)(=O)c1ccc(Br)s1. The lowest BCUT2D eigenvalue weighted by molar-refractivity contribution is 0.359. The largest absolute Gasteiger partial charge is 0.308 e. The van der Waals surface area contributed by atoms with E-state index in [1.165, 1.54) is 15.6 Å². The fourth-order valence-electron chi connectivity index (χ4n) is 1.05. The van der Waals surface area contributed by atoms with Crippen molar-refractivity contribution < 1.29 is 8.42 Å². The fraction of sp³-hybridized carbons (Fsp3) is 0.556. The Morgan fingerprint density at radius 1 is 1.25 bits per heavy atom. The summed E-state index contributed by atoms with van der Waals surface area (Å²) in [6, 6.07) is 3.37. The lowest BCUT2D eigenvalue weighted by Crippen LogP contribution is -2.33. The normalized spacial score (nSPS) is 12.6. The molecule has 0 aliphatic carbocycles. The Morgan fingerprint density at radius 3 is 2.31 bits per heavy atom. The van der Waals surface area contributed by atoms with Gasteiger partial charge in [0.1, 0.15) is 4.21 Å². The number of thiophene rings is 1. The van der Waals surface area contributed by atoms with Gasteiger partial charge in [0.05, 0.1) is 3.79 Å². The minimum absolute atomic E-state index is 0.376. The highest BCUT2D eigenvalue weighted by molar-refractivity contribution is 9.11.